The lowest BCUT2D eigenvalue weighted by Crippen LogP contribution is -2.43. The molecule has 0 N–H and O–H groups in total. The highest BCUT2D eigenvalue weighted by Gasteiger charge is 2.25. The normalized spacial score (nSPS) is 15.5. The molecule has 1 saturated heterocycles. The maximum Gasteiger partial charge on any atom is 0.244 e. The second-order valence-corrected chi connectivity index (χ2v) is 8.88. The van der Waals surface area contributed by atoms with E-state index in [0.29, 0.717) is 18.4 Å². The predicted octanol–water partition coefficient (Wildman–Crippen LogP) is 3.60. The summed E-state index contributed by atoms with van der Waals surface area (Å²) in [5.74, 6) is 2.14. The average Bonchev–Trinajstić information content (AvgIpc) is 3.13. The number of carbonyl (C=O) groups is 1. The summed E-state index contributed by atoms with van der Waals surface area (Å²) in [6.07, 6.45) is 4.13. The van der Waals surface area contributed by atoms with Crippen molar-refractivity contribution in [2.45, 2.75) is 46.7 Å². The molecule has 0 saturated carbocycles. The van der Waals surface area contributed by atoms with Gasteiger partial charge >= 0.3 is 0 Å². The molecule has 1 aromatic carbocycles. The van der Waals surface area contributed by atoms with Crippen LogP contribution in [0.4, 0.5) is 0 Å². The number of methoxy groups -OCH3 is 1. The molecule has 1 amide bonds. The molecule has 0 spiro atoms. The number of para-hydroxylation sites is 1. The van der Waals surface area contributed by atoms with Crippen LogP contribution in [0, 0.1) is 18.8 Å². The Morgan fingerprint density at radius 3 is 2.60 bits per heavy atom. The maximum atomic E-state index is 12.9. The summed E-state index contributed by atoms with van der Waals surface area (Å²) in [7, 11) is 1.73. The number of aromatic nitrogens is 2. The second-order valence-electron chi connectivity index (χ2n) is 8.88. The lowest BCUT2D eigenvalue weighted by molar-refractivity contribution is -0.133. The minimum absolute atomic E-state index is 0.170. The minimum Gasteiger partial charge on any atom is -0.496 e. The Morgan fingerprint density at radius 2 is 1.97 bits per heavy atom. The molecule has 30 heavy (non-hydrogen) atoms. The third-order valence-electron chi connectivity index (χ3n) is 5.78. The van der Waals surface area contributed by atoms with Crippen LogP contribution in [0.15, 0.2) is 36.5 Å². The highest BCUT2D eigenvalue weighted by Crippen LogP contribution is 2.24. The first-order valence-electron chi connectivity index (χ1n) is 11.1. The first-order chi connectivity index (χ1) is 14.4. The third kappa shape index (κ3) is 6.33. The molecule has 0 bridgehead atoms. The number of nitrogens with zero attached hydrogens (tertiary/aromatic N) is 4. The molecule has 3 rings (SSSR count). The highest BCUT2D eigenvalue weighted by atomic mass is 16.5. The molecular formula is C24H36N4O2. The molecule has 0 atom stereocenters. The van der Waals surface area contributed by atoms with E-state index in [1.807, 2.05) is 31.3 Å². The van der Waals surface area contributed by atoms with Gasteiger partial charge in [0.05, 0.1) is 12.8 Å². The van der Waals surface area contributed by atoms with Crippen molar-refractivity contribution in [2.24, 2.45) is 11.8 Å². The predicted molar refractivity (Wildman–Crippen MR) is 119 cm³/mol. The molecule has 0 radical (unpaired) electrons. The Hall–Kier alpha value is -2.34. The molecule has 0 aliphatic carbocycles. The number of aryl methyl sites for hydroxylation is 1. The lowest BCUT2D eigenvalue weighted by Gasteiger charge is -2.35. The molecule has 1 aromatic heterocycles. The fourth-order valence-corrected chi connectivity index (χ4v) is 4.22. The summed E-state index contributed by atoms with van der Waals surface area (Å²) in [6, 6.07) is 10.2. The van der Waals surface area contributed by atoms with Gasteiger partial charge in [0, 0.05) is 31.4 Å². The van der Waals surface area contributed by atoms with Gasteiger partial charge in [-0.15, -0.1) is 0 Å². The van der Waals surface area contributed by atoms with E-state index in [0.717, 1.165) is 57.0 Å². The van der Waals surface area contributed by atoms with Crippen molar-refractivity contribution in [3.8, 4) is 5.75 Å². The van der Waals surface area contributed by atoms with E-state index in [4.69, 9.17) is 4.74 Å². The van der Waals surface area contributed by atoms with Crippen LogP contribution in [0.1, 0.15) is 37.9 Å². The number of benzene rings is 1. The van der Waals surface area contributed by atoms with Crippen LogP contribution in [-0.2, 0) is 17.9 Å². The molecule has 0 unspecified atom stereocenters. The van der Waals surface area contributed by atoms with E-state index in [-0.39, 0.29) is 5.91 Å². The minimum atomic E-state index is 0.170. The smallest absolute Gasteiger partial charge is 0.244 e. The van der Waals surface area contributed by atoms with Gasteiger partial charge in [-0.1, -0.05) is 32.0 Å². The first kappa shape index (κ1) is 22.3. The zero-order chi connectivity index (χ0) is 21.5. The Kier molecular flexibility index (Phi) is 7.91. The summed E-state index contributed by atoms with van der Waals surface area (Å²) in [4.78, 5) is 17.5. The first-order valence-corrected chi connectivity index (χ1v) is 11.1. The number of rotatable bonds is 9. The number of amides is 1. The van der Waals surface area contributed by atoms with E-state index >= 15 is 0 Å². The van der Waals surface area contributed by atoms with Gasteiger partial charge in [0.25, 0.3) is 0 Å². The van der Waals surface area contributed by atoms with E-state index < -0.39 is 0 Å². The molecule has 2 aromatic rings. The van der Waals surface area contributed by atoms with Crippen LogP contribution in [0.3, 0.4) is 0 Å². The van der Waals surface area contributed by atoms with Crippen molar-refractivity contribution in [2.75, 3.05) is 33.3 Å². The van der Waals surface area contributed by atoms with Gasteiger partial charge in [-0.25, -0.2) is 0 Å². The lowest BCUT2D eigenvalue weighted by atomic mass is 9.95. The topological polar surface area (TPSA) is 50.6 Å². The molecular weight excluding hydrogens is 376 g/mol. The summed E-state index contributed by atoms with van der Waals surface area (Å²) < 4.78 is 7.25. The second kappa shape index (κ2) is 10.6. The SMILES string of the molecule is COc1ccccc1CN1CCC(CN(CC(C)C)C(=O)Cn2ccc(C)n2)CC1. The fourth-order valence-electron chi connectivity index (χ4n) is 4.22. The Morgan fingerprint density at radius 1 is 1.23 bits per heavy atom. The number of hydrogen-bond donors (Lipinski definition) is 0. The van der Waals surface area contributed by atoms with Crippen LogP contribution in [0.2, 0.25) is 0 Å². The molecule has 2 heterocycles. The van der Waals surface area contributed by atoms with Crippen LogP contribution in [0.5, 0.6) is 5.75 Å². The highest BCUT2D eigenvalue weighted by molar-refractivity contribution is 5.75. The number of likely N-dealkylation sites (tertiary alicyclic amines) is 1. The van der Waals surface area contributed by atoms with Gasteiger partial charge < -0.3 is 9.64 Å². The Labute approximate surface area is 180 Å². The Balaban J connectivity index is 1.53. The van der Waals surface area contributed by atoms with Crippen molar-refractivity contribution < 1.29 is 9.53 Å². The van der Waals surface area contributed by atoms with Crippen LogP contribution >= 0.6 is 0 Å². The average molecular weight is 413 g/mol. The Bertz CT molecular complexity index is 809. The molecule has 6 nitrogen and oxygen atoms in total. The number of ether oxygens (including phenoxy) is 1. The van der Waals surface area contributed by atoms with Crippen LogP contribution in [0.25, 0.3) is 0 Å². The quantitative estimate of drug-likeness (QED) is 0.632. The van der Waals surface area contributed by atoms with Crippen LogP contribution in [-0.4, -0.2) is 58.8 Å². The monoisotopic (exact) mass is 412 g/mol. The van der Waals surface area contributed by atoms with Crippen molar-refractivity contribution in [1.29, 1.82) is 0 Å². The molecule has 1 aliphatic heterocycles. The van der Waals surface area contributed by atoms with Gasteiger partial charge in [-0.2, -0.15) is 5.10 Å². The zero-order valence-electron chi connectivity index (χ0n) is 18.9. The zero-order valence-corrected chi connectivity index (χ0v) is 18.9. The number of hydrogen-bond acceptors (Lipinski definition) is 4. The number of carbonyl (C=O) groups excluding carboxylic acids is 1. The molecule has 6 heteroatoms. The van der Waals surface area contributed by atoms with Gasteiger partial charge in [0.2, 0.25) is 5.91 Å². The van der Waals surface area contributed by atoms with E-state index in [1.165, 1.54) is 5.56 Å². The molecule has 164 valence electrons. The molecule has 1 aliphatic rings. The summed E-state index contributed by atoms with van der Waals surface area (Å²) in [5, 5.41) is 4.38. The third-order valence-corrected chi connectivity index (χ3v) is 5.78. The van der Waals surface area contributed by atoms with E-state index in [2.05, 4.69) is 40.9 Å². The fraction of sp³-hybridized carbons (Fsp3) is 0.583. The van der Waals surface area contributed by atoms with Gasteiger partial charge in [-0.05, 0) is 56.8 Å². The van der Waals surface area contributed by atoms with Crippen molar-refractivity contribution in [1.82, 2.24) is 19.6 Å². The number of piperidine rings is 1. The van der Waals surface area contributed by atoms with Crippen molar-refractivity contribution >= 4 is 5.91 Å². The summed E-state index contributed by atoms with van der Waals surface area (Å²) in [5.41, 5.74) is 2.19. The largest absolute Gasteiger partial charge is 0.496 e. The van der Waals surface area contributed by atoms with Crippen molar-refractivity contribution in [3.05, 3.63) is 47.8 Å². The maximum absolute atomic E-state index is 12.9. The molecule has 1 fully saturated rings. The summed E-state index contributed by atoms with van der Waals surface area (Å²) in [6.45, 7) is 11.3. The van der Waals surface area contributed by atoms with Gasteiger partial charge in [-0.3, -0.25) is 14.4 Å². The van der Waals surface area contributed by atoms with Crippen molar-refractivity contribution in [3.63, 3.8) is 0 Å². The van der Waals surface area contributed by atoms with Crippen LogP contribution < -0.4 is 4.74 Å². The standard InChI is InChI=1S/C24H36N4O2/c1-19(2)15-27(24(29)18-28-14-9-20(3)25-28)16-21-10-12-26(13-11-21)17-22-7-5-6-8-23(22)30-4/h5-9,14,19,21H,10-13,15-18H2,1-4H3. The van der Waals surface area contributed by atoms with E-state index in [1.54, 1.807) is 11.8 Å². The van der Waals surface area contributed by atoms with E-state index in [9.17, 15) is 4.79 Å². The van der Waals surface area contributed by atoms with Gasteiger partial charge in [0.15, 0.2) is 0 Å². The summed E-state index contributed by atoms with van der Waals surface area (Å²) >= 11 is 0. The van der Waals surface area contributed by atoms with Gasteiger partial charge in [0.1, 0.15) is 12.3 Å².